The quantitative estimate of drug-likeness (QED) is 0.112. The number of anilines is 6. The van der Waals surface area contributed by atoms with Crippen LogP contribution in [0.3, 0.4) is 0 Å². The van der Waals surface area contributed by atoms with E-state index in [-0.39, 0.29) is 0 Å². The Morgan fingerprint density at radius 3 is 1.18 bits per heavy atom. The first-order valence-corrected chi connectivity index (χ1v) is 29.3. The summed E-state index contributed by atoms with van der Waals surface area (Å²) in [7, 11) is -2.98. The highest BCUT2D eigenvalue weighted by Gasteiger charge is 2.22. The van der Waals surface area contributed by atoms with Gasteiger partial charge in [0.25, 0.3) is 0 Å². The number of fused-ring (bicyclic) bond motifs is 9. The molecule has 0 N–H and O–H groups in total. The first-order chi connectivity index (χ1) is 31.8. The second-order valence-corrected chi connectivity index (χ2v) is 29.5. The van der Waals surface area contributed by atoms with Crippen LogP contribution in [0.15, 0.2) is 179 Å². The predicted octanol–water partition coefficient (Wildman–Crippen LogP) is 16.2. The smallest absolute Gasteiger partial charge is 0.187 e. The standard InChI is InChI=1S/C58H46N4O2Si2/c1-60-42-12-18-44(19-13-42)62(46-22-26-50(27-23-46)66(5,6)7)48-17-11-39-33-54-52-29-28-51-53-32-38-10-16-47(30-40(38)34-55(53)63-57(51)58(52)64-56(54)35-41(39)31-48)61(43-14-8-37(36-59)9-15-43)45-20-24-49(25-21-45)65(2,3)4/h8-35H,2-7H3. The van der Waals surface area contributed by atoms with Gasteiger partial charge in [-0.2, -0.15) is 5.26 Å². The molecule has 318 valence electrons. The van der Waals surface area contributed by atoms with E-state index in [1.165, 1.54) is 10.4 Å². The van der Waals surface area contributed by atoms with Crippen LogP contribution in [0, 0.1) is 17.9 Å². The molecule has 11 rings (SSSR count). The second kappa shape index (κ2) is 15.4. The van der Waals surface area contributed by atoms with Crippen molar-refractivity contribution in [3.63, 3.8) is 0 Å². The Balaban J connectivity index is 1.000. The van der Waals surface area contributed by atoms with Crippen molar-refractivity contribution >= 4 is 132 Å². The van der Waals surface area contributed by atoms with E-state index in [0.717, 1.165) is 99.5 Å². The summed E-state index contributed by atoms with van der Waals surface area (Å²) in [6.45, 7) is 21.7. The van der Waals surface area contributed by atoms with Gasteiger partial charge < -0.3 is 18.6 Å². The SMILES string of the molecule is [C-]#[N+]c1ccc(N(c2ccc([Si](C)(C)C)cc2)c2ccc3cc4c(cc3c2)oc2c4ccc3c4cc5ccc(N(c6ccc(C#N)cc6)c6ccc([Si](C)(C)C)cc6)cc5cc4oc32)cc1. The summed E-state index contributed by atoms with van der Waals surface area (Å²) in [5.74, 6) is 0. The highest BCUT2D eigenvalue weighted by atomic mass is 28.3. The van der Waals surface area contributed by atoms with E-state index in [2.05, 4.69) is 181 Å². The summed E-state index contributed by atoms with van der Waals surface area (Å²) in [6, 6.07) is 61.9. The summed E-state index contributed by atoms with van der Waals surface area (Å²) < 4.78 is 13.6. The first-order valence-electron chi connectivity index (χ1n) is 22.3. The summed E-state index contributed by atoms with van der Waals surface area (Å²) in [5.41, 5.74) is 10.4. The minimum atomic E-state index is -1.49. The van der Waals surface area contributed by atoms with E-state index in [1.807, 2.05) is 48.5 Å². The van der Waals surface area contributed by atoms with Crippen LogP contribution < -0.4 is 20.2 Å². The zero-order valence-electron chi connectivity index (χ0n) is 37.8. The molecule has 0 saturated carbocycles. The monoisotopic (exact) mass is 886 g/mol. The molecule has 66 heavy (non-hydrogen) atoms. The average Bonchev–Trinajstić information content (AvgIpc) is 3.87. The van der Waals surface area contributed by atoms with Gasteiger partial charge in [0.15, 0.2) is 16.9 Å². The Morgan fingerprint density at radius 1 is 0.424 bits per heavy atom. The lowest BCUT2D eigenvalue weighted by molar-refractivity contribution is 0.634. The maximum atomic E-state index is 9.55. The van der Waals surface area contributed by atoms with E-state index < -0.39 is 16.1 Å². The normalized spacial score (nSPS) is 12.1. The fraction of sp³-hybridized carbons (Fsp3) is 0.103. The van der Waals surface area contributed by atoms with Gasteiger partial charge in [0.05, 0.1) is 34.4 Å². The number of benzene rings is 9. The fourth-order valence-corrected chi connectivity index (χ4v) is 11.6. The summed E-state index contributed by atoms with van der Waals surface area (Å²) in [5, 5.41) is 20.8. The number of nitrogens with zero attached hydrogens (tertiary/aromatic N) is 4. The Morgan fingerprint density at radius 2 is 0.803 bits per heavy atom. The molecule has 11 aromatic rings. The van der Waals surface area contributed by atoms with Crippen LogP contribution in [-0.2, 0) is 0 Å². The Kier molecular flexibility index (Phi) is 9.52. The van der Waals surface area contributed by atoms with Crippen molar-refractivity contribution in [1.29, 1.82) is 5.26 Å². The van der Waals surface area contributed by atoms with Crippen LogP contribution in [0.4, 0.5) is 39.8 Å². The van der Waals surface area contributed by atoms with Gasteiger partial charge in [-0.05, 0) is 143 Å². The van der Waals surface area contributed by atoms with Gasteiger partial charge in [0.2, 0.25) is 0 Å². The highest BCUT2D eigenvalue weighted by Crippen LogP contribution is 2.44. The number of hydrogen-bond acceptors (Lipinski definition) is 5. The van der Waals surface area contributed by atoms with E-state index in [9.17, 15) is 5.26 Å². The maximum absolute atomic E-state index is 9.55. The molecule has 0 aliphatic rings. The molecule has 0 bridgehead atoms. The van der Waals surface area contributed by atoms with Crippen molar-refractivity contribution in [2.24, 2.45) is 0 Å². The fourth-order valence-electron chi connectivity index (χ4n) is 9.28. The van der Waals surface area contributed by atoms with Gasteiger partial charge in [-0.1, -0.05) is 98.2 Å². The molecular formula is C58H46N4O2Si2. The third-order valence-electron chi connectivity index (χ3n) is 13.0. The molecule has 0 spiro atoms. The van der Waals surface area contributed by atoms with Gasteiger partial charge >= 0.3 is 0 Å². The van der Waals surface area contributed by atoms with E-state index in [4.69, 9.17) is 15.4 Å². The number of nitriles is 1. The lowest BCUT2D eigenvalue weighted by Crippen LogP contribution is -2.37. The Hall–Kier alpha value is -7.89. The van der Waals surface area contributed by atoms with Gasteiger partial charge in [-0.25, -0.2) is 4.85 Å². The molecule has 0 aliphatic carbocycles. The molecule has 2 aromatic heterocycles. The minimum Gasteiger partial charge on any atom is -0.452 e. The molecule has 0 saturated heterocycles. The van der Waals surface area contributed by atoms with Gasteiger partial charge in [-0.3, -0.25) is 0 Å². The van der Waals surface area contributed by atoms with Crippen LogP contribution in [-0.4, -0.2) is 16.1 Å². The number of furan rings is 2. The predicted molar refractivity (Wildman–Crippen MR) is 282 cm³/mol. The van der Waals surface area contributed by atoms with Crippen molar-refractivity contribution in [3.8, 4) is 6.07 Å². The molecule has 0 atom stereocenters. The van der Waals surface area contributed by atoms with E-state index >= 15 is 0 Å². The van der Waals surface area contributed by atoms with Crippen molar-refractivity contribution in [2.45, 2.75) is 39.3 Å². The molecule has 8 heteroatoms. The van der Waals surface area contributed by atoms with Gasteiger partial charge in [0.1, 0.15) is 11.2 Å². The minimum absolute atomic E-state index is 0.613. The van der Waals surface area contributed by atoms with Crippen molar-refractivity contribution in [2.75, 3.05) is 9.80 Å². The molecular weight excluding hydrogens is 841 g/mol. The first kappa shape index (κ1) is 40.9. The highest BCUT2D eigenvalue weighted by molar-refractivity contribution is 6.89. The van der Waals surface area contributed by atoms with Crippen molar-refractivity contribution < 1.29 is 8.83 Å². The maximum Gasteiger partial charge on any atom is 0.187 e. The topological polar surface area (TPSA) is 60.9 Å². The van der Waals surface area contributed by atoms with Crippen molar-refractivity contribution in [1.82, 2.24) is 0 Å². The largest absolute Gasteiger partial charge is 0.452 e. The molecule has 0 amide bonds. The molecule has 2 heterocycles. The molecule has 0 radical (unpaired) electrons. The molecule has 0 unspecified atom stereocenters. The van der Waals surface area contributed by atoms with Gasteiger partial charge in [0, 0.05) is 55.7 Å². The van der Waals surface area contributed by atoms with Crippen molar-refractivity contribution in [3.05, 3.63) is 187 Å². The molecule has 0 fully saturated rings. The summed E-state index contributed by atoms with van der Waals surface area (Å²) in [4.78, 5) is 8.14. The molecule has 0 aliphatic heterocycles. The third kappa shape index (κ3) is 7.08. The molecule has 6 nitrogen and oxygen atoms in total. The number of rotatable bonds is 8. The second-order valence-electron chi connectivity index (χ2n) is 19.3. The Bertz CT molecular complexity index is 3540. The van der Waals surface area contributed by atoms with Gasteiger partial charge in [-0.15, -0.1) is 0 Å². The Labute approximate surface area is 386 Å². The lowest BCUT2D eigenvalue weighted by Gasteiger charge is -2.27. The van der Waals surface area contributed by atoms with E-state index in [0.29, 0.717) is 11.3 Å². The third-order valence-corrected chi connectivity index (χ3v) is 17.1. The summed E-state index contributed by atoms with van der Waals surface area (Å²) in [6.07, 6.45) is 0. The van der Waals surface area contributed by atoms with Crippen LogP contribution in [0.2, 0.25) is 39.3 Å². The lowest BCUT2D eigenvalue weighted by atomic mass is 10.0. The van der Waals surface area contributed by atoms with Crippen LogP contribution in [0.25, 0.3) is 70.3 Å². The summed E-state index contributed by atoms with van der Waals surface area (Å²) >= 11 is 0. The van der Waals surface area contributed by atoms with E-state index in [1.54, 1.807) is 0 Å². The number of hydrogen-bond donors (Lipinski definition) is 0. The van der Waals surface area contributed by atoms with Crippen LogP contribution >= 0.6 is 0 Å². The zero-order chi connectivity index (χ0) is 45.5. The van der Waals surface area contributed by atoms with Crippen LogP contribution in [0.1, 0.15) is 5.56 Å². The van der Waals surface area contributed by atoms with Crippen LogP contribution in [0.5, 0.6) is 0 Å². The zero-order valence-corrected chi connectivity index (χ0v) is 39.8. The average molecular weight is 887 g/mol. The molecule has 9 aromatic carbocycles.